The van der Waals surface area contributed by atoms with Gasteiger partial charge in [-0.05, 0) is 31.2 Å². The number of benzene rings is 1. The van der Waals surface area contributed by atoms with Gasteiger partial charge in [0, 0.05) is 11.0 Å². The number of hydrogen-bond acceptors (Lipinski definition) is 3. The summed E-state index contributed by atoms with van der Waals surface area (Å²) in [5.74, 6) is 0.162. The smallest absolute Gasteiger partial charge is 0.335 e. The normalized spacial score (nSPS) is 10.3. The fraction of sp³-hybridized carbons (Fsp3) is 0.100. The van der Waals surface area contributed by atoms with Crippen molar-refractivity contribution in [3.8, 4) is 5.75 Å². The molecule has 1 aromatic carbocycles. The Morgan fingerprint density at radius 1 is 1.38 bits per heavy atom. The third-order valence-electron chi connectivity index (χ3n) is 1.36. The van der Waals surface area contributed by atoms with Crippen molar-refractivity contribution >= 4 is 18.6 Å². The summed E-state index contributed by atoms with van der Waals surface area (Å²) in [5.41, 5.74) is 0. The molecule has 3 heteroatoms. The Bertz CT molecular complexity index is 314. The van der Waals surface area contributed by atoms with E-state index in [1.54, 1.807) is 37.3 Å². The molecular formula is C10H10O2S. The lowest BCUT2D eigenvalue weighted by Gasteiger charge is -2.00. The summed E-state index contributed by atoms with van der Waals surface area (Å²) in [6.45, 7) is 1.76. The van der Waals surface area contributed by atoms with Crippen LogP contribution in [0.1, 0.15) is 6.92 Å². The van der Waals surface area contributed by atoms with Gasteiger partial charge in [-0.3, -0.25) is 0 Å². The topological polar surface area (TPSA) is 26.3 Å². The van der Waals surface area contributed by atoms with Gasteiger partial charge in [0.05, 0.1) is 0 Å². The Hall–Kier alpha value is -1.22. The molecule has 0 unspecified atom stereocenters. The van der Waals surface area contributed by atoms with Gasteiger partial charge < -0.3 is 4.74 Å². The first-order valence-electron chi connectivity index (χ1n) is 3.86. The molecular weight excluding hydrogens is 184 g/mol. The highest BCUT2D eigenvalue weighted by Gasteiger charge is 1.98. The van der Waals surface area contributed by atoms with E-state index in [9.17, 15) is 4.79 Å². The van der Waals surface area contributed by atoms with Crippen molar-refractivity contribution in [2.75, 3.05) is 0 Å². The van der Waals surface area contributed by atoms with Crippen LogP contribution >= 0.6 is 12.6 Å². The molecule has 2 nitrogen and oxygen atoms in total. The van der Waals surface area contributed by atoms with Gasteiger partial charge in [-0.1, -0.05) is 6.08 Å². The Balaban J connectivity index is 2.64. The highest BCUT2D eigenvalue weighted by Crippen LogP contribution is 2.14. The third kappa shape index (κ3) is 3.34. The van der Waals surface area contributed by atoms with E-state index in [1.807, 2.05) is 0 Å². The van der Waals surface area contributed by atoms with Gasteiger partial charge in [0.25, 0.3) is 0 Å². The molecule has 0 fully saturated rings. The highest BCUT2D eigenvalue weighted by atomic mass is 32.1. The molecule has 0 saturated carbocycles. The maximum absolute atomic E-state index is 11.0. The van der Waals surface area contributed by atoms with Crippen molar-refractivity contribution in [2.24, 2.45) is 0 Å². The van der Waals surface area contributed by atoms with Crippen molar-refractivity contribution in [3.05, 3.63) is 36.4 Å². The molecule has 0 saturated heterocycles. The van der Waals surface area contributed by atoms with E-state index in [4.69, 9.17) is 4.74 Å². The molecule has 0 aliphatic carbocycles. The van der Waals surface area contributed by atoms with Crippen LogP contribution in [0.4, 0.5) is 0 Å². The standard InChI is InChI=1S/C10H10O2S/c1-2-3-10(11)12-8-4-6-9(13)7-5-8/h2-7,13H,1H3. The van der Waals surface area contributed by atoms with Gasteiger partial charge >= 0.3 is 5.97 Å². The van der Waals surface area contributed by atoms with Gasteiger partial charge in [0.2, 0.25) is 0 Å². The summed E-state index contributed by atoms with van der Waals surface area (Å²) in [7, 11) is 0. The molecule has 13 heavy (non-hydrogen) atoms. The molecule has 0 amide bonds. The number of allylic oxidation sites excluding steroid dienone is 1. The molecule has 0 heterocycles. The number of esters is 1. The Morgan fingerprint density at radius 3 is 2.54 bits per heavy atom. The summed E-state index contributed by atoms with van der Waals surface area (Å²) in [5, 5.41) is 0. The first-order valence-corrected chi connectivity index (χ1v) is 4.30. The monoisotopic (exact) mass is 194 g/mol. The van der Waals surface area contributed by atoms with Crippen LogP contribution in [-0.2, 0) is 4.79 Å². The molecule has 0 radical (unpaired) electrons. The van der Waals surface area contributed by atoms with Crippen molar-refractivity contribution in [3.63, 3.8) is 0 Å². The number of rotatable bonds is 2. The summed E-state index contributed by atoms with van der Waals surface area (Å²) >= 11 is 4.11. The van der Waals surface area contributed by atoms with Gasteiger partial charge in [0.15, 0.2) is 0 Å². The van der Waals surface area contributed by atoms with Crippen molar-refractivity contribution in [1.29, 1.82) is 0 Å². The summed E-state index contributed by atoms with van der Waals surface area (Å²) in [6.07, 6.45) is 3.00. The van der Waals surface area contributed by atoms with Crippen LogP contribution in [0.2, 0.25) is 0 Å². The Morgan fingerprint density at radius 2 is 2.00 bits per heavy atom. The maximum Gasteiger partial charge on any atom is 0.335 e. The van der Waals surface area contributed by atoms with E-state index in [0.717, 1.165) is 4.90 Å². The highest BCUT2D eigenvalue weighted by molar-refractivity contribution is 7.80. The number of thiol groups is 1. The Labute approximate surface area is 82.6 Å². The van der Waals surface area contributed by atoms with E-state index < -0.39 is 0 Å². The lowest BCUT2D eigenvalue weighted by molar-refractivity contribution is -0.129. The molecule has 0 bridgehead atoms. The van der Waals surface area contributed by atoms with E-state index >= 15 is 0 Å². The van der Waals surface area contributed by atoms with Crippen molar-refractivity contribution in [2.45, 2.75) is 11.8 Å². The van der Waals surface area contributed by atoms with Gasteiger partial charge in [0.1, 0.15) is 5.75 Å². The summed E-state index contributed by atoms with van der Waals surface area (Å²) < 4.78 is 4.95. The third-order valence-corrected chi connectivity index (χ3v) is 1.66. The van der Waals surface area contributed by atoms with Crippen LogP contribution in [0.15, 0.2) is 41.3 Å². The molecule has 0 aliphatic rings. The first-order chi connectivity index (χ1) is 6.22. The fourth-order valence-corrected chi connectivity index (χ4v) is 0.950. The molecule has 0 aromatic heterocycles. The number of carbonyl (C=O) groups excluding carboxylic acids is 1. The molecule has 68 valence electrons. The predicted molar refractivity (Wildman–Crippen MR) is 54.1 cm³/mol. The van der Waals surface area contributed by atoms with Crippen LogP contribution < -0.4 is 4.74 Å². The SMILES string of the molecule is CC=CC(=O)Oc1ccc(S)cc1. The zero-order valence-electron chi connectivity index (χ0n) is 7.23. The van der Waals surface area contributed by atoms with Crippen LogP contribution in [0.25, 0.3) is 0 Å². The largest absolute Gasteiger partial charge is 0.423 e. The predicted octanol–water partition coefficient (Wildman–Crippen LogP) is 2.46. The van der Waals surface area contributed by atoms with E-state index in [2.05, 4.69) is 12.6 Å². The maximum atomic E-state index is 11.0. The molecule has 1 aromatic rings. The molecule has 0 aliphatic heterocycles. The van der Waals surface area contributed by atoms with Crippen molar-refractivity contribution < 1.29 is 9.53 Å². The lowest BCUT2D eigenvalue weighted by Crippen LogP contribution is -2.02. The van der Waals surface area contributed by atoms with E-state index in [1.165, 1.54) is 6.08 Å². The molecule has 0 atom stereocenters. The molecule has 0 spiro atoms. The second-order valence-corrected chi connectivity index (χ2v) is 2.93. The second-order valence-electron chi connectivity index (χ2n) is 2.41. The fourth-order valence-electron chi connectivity index (χ4n) is 0.800. The average molecular weight is 194 g/mol. The number of carbonyl (C=O) groups is 1. The number of hydrogen-bond donors (Lipinski definition) is 1. The minimum atomic E-state index is -0.366. The van der Waals surface area contributed by atoms with Gasteiger partial charge in [-0.2, -0.15) is 0 Å². The zero-order valence-corrected chi connectivity index (χ0v) is 8.12. The average Bonchev–Trinajstić information content (AvgIpc) is 2.09. The number of ether oxygens (including phenoxy) is 1. The first kappa shape index (κ1) is 9.86. The van der Waals surface area contributed by atoms with Gasteiger partial charge in [-0.15, -0.1) is 12.6 Å². The quantitative estimate of drug-likeness (QED) is 0.339. The second kappa shape index (κ2) is 4.72. The summed E-state index contributed by atoms with van der Waals surface area (Å²) in [6, 6.07) is 6.93. The summed E-state index contributed by atoms with van der Waals surface area (Å²) in [4.78, 5) is 11.8. The van der Waals surface area contributed by atoms with Gasteiger partial charge in [-0.25, -0.2) is 4.79 Å². The minimum Gasteiger partial charge on any atom is -0.423 e. The molecule has 1 rings (SSSR count). The minimum absolute atomic E-state index is 0.366. The van der Waals surface area contributed by atoms with E-state index in [-0.39, 0.29) is 5.97 Å². The molecule has 0 N–H and O–H groups in total. The van der Waals surface area contributed by atoms with Crippen LogP contribution in [0, 0.1) is 0 Å². The van der Waals surface area contributed by atoms with Crippen LogP contribution in [-0.4, -0.2) is 5.97 Å². The van der Waals surface area contributed by atoms with Crippen LogP contribution in [0.3, 0.4) is 0 Å². The van der Waals surface area contributed by atoms with Crippen molar-refractivity contribution in [1.82, 2.24) is 0 Å². The van der Waals surface area contributed by atoms with Crippen LogP contribution in [0.5, 0.6) is 5.75 Å². The zero-order chi connectivity index (χ0) is 9.68. The van der Waals surface area contributed by atoms with E-state index in [0.29, 0.717) is 5.75 Å². The Kier molecular flexibility index (Phi) is 3.58. The lowest BCUT2D eigenvalue weighted by atomic mass is 10.3.